The number of nitriles is 1. The number of benzene rings is 1. The van der Waals surface area contributed by atoms with Crippen LogP contribution in [0.1, 0.15) is 19.4 Å². The van der Waals surface area contributed by atoms with Crippen molar-refractivity contribution < 1.29 is 9.13 Å². The van der Waals surface area contributed by atoms with Gasteiger partial charge in [0.05, 0.1) is 24.5 Å². The Balaban J connectivity index is 0.00000117. The molecule has 0 spiro atoms. The standard InChI is InChI=1S/C16H14FN5OS.C2H6/c1-23-13-6-9(4-5-18)15(17)21-16(13)22-24-14-8-20-12-7-10(19)2-3-11(12)14;1-2/h2-3,6-8,20H,4,19H2,1H3,(H,21,22);1-2H3. The maximum Gasteiger partial charge on any atom is 0.219 e. The molecule has 0 aliphatic carbocycles. The van der Waals surface area contributed by atoms with Gasteiger partial charge in [0.1, 0.15) is 0 Å². The summed E-state index contributed by atoms with van der Waals surface area (Å²) in [6.07, 6.45) is 1.77. The molecule has 4 N–H and O–H groups in total. The lowest BCUT2D eigenvalue weighted by Crippen LogP contribution is -2.01. The van der Waals surface area contributed by atoms with Gasteiger partial charge in [0.25, 0.3) is 0 Å². The number of fused-ring (bicyclic) bond motifs is 1. The van der Waals surface area contributed by atoms with Gasteiger partial charge in [0.15, 0.2) is 11.6 Å². The van der Waals surface area contributed by atoms with E-state index in [1.54, 1.807) is 0 Å². The van der Waals surface area contributed by atoms with Crippen LogP contribution in [0.4, 0.5) is 15.9 Å². The molecule has 0 radical (unpaired) electrons. The summed E-state index contributed by atoms with van der Waals surface area (Å²) in [5.74, 6) is -0.0585. The van der Waals surface area contributed by atoms with E-state index in [9.17, 15) is 4.39 Å². The second kappa shape index (κ2) is 8.97. The van der Waals surface area contributed by atoms with Crippen molar-refractivity contribution in [3.8, 4) is 11.8 Å². The van der Waals surface area contributed by atoms with E-state index in [1.165, 1.54) is 25.1 Å². The van der Waals surface area contributed by atoms with E-state index >= 15 is 0 Å². The quantitative estimate of drug-likeness (QED) is 0.346. The van der Waals surface area contributed by atoms with Gasteiger partial charge in [-0.25, -0.2) is 0 Å². The van der Waals surface area contributed by atoms with Crippen molar-refractivity contribution in [1.82, 2.24) is 9.97 Å². The van der Waals surface area contributed by atoms with Crippen LogP contribution in [0, 0.1) is 17.3 Å². The molecule has 2 heterocycles. The Kier molecular flexibility index (Phi) is 6.69. The number of nitrogens with zero attached hydrogens (tertiary/aromatic N) is 2. The third-order valence-corrected chi connectivity index (χ3v) is 4.28. The number of nitrogens with two attached hydrogens (primary N) is 1. The summed E-state index contributed by atoms with van der Waals surface area (Å²) in [5.41, 5.74) is 7.54. The fourth-order valence-corrected chi connectivity index (χ4v) is 3.01. The molecule has 0 saturated heterocycles. The maximum absolute atomic E-state index is 13.9. The van der Waals surface area contributed by atoms with Crippen LogP contribution in [0.15, 0.2) is 35.4 Å². The number of nitrogens with one attached hydrogen (secondary N) is 2. The first-order valence-corrected chi connectivity index (χ1v) is 8.84. The number of H-pyrrole nitrogens is 1. The first kappa shape index (κ1) is 19.4. The molecule has 0 atom stereocenters. The number of hydrogen-bond acceptors (Lipinski definition) is 6. The van der Waals surface area contributed by atoms with E-state index in [1.807, 2.05) is 44.3 Å². The van der Waals surface area contributed by atoms with Gasteiger partial charge < -0.3 is 20.2 Å². The topological polar surface area (TPSA) is 99.7 Å². The lowest BCUT2D eigenvalue weighted by atomic mass is 10.2. The van der Waals surface area contributed by atoms with E-state index < -0.39 is 5.95 Å². The zero-order chi connectivity index (χ0) is 19.1. The highest BCUT2D eigenvalue weighted by molar-refractivity contribution is 8.00. The van der Waals surface area contributed by atoms with Crippen LogP contribution in [0.3, 0.4) is 0 Å². The summed E-state index contributed by atoms with van der Waals surface area (Å²) < 4.78 is 22.1. The summed E-state index contributed by atoms with van der Waals surface area (Å²) in [5, 5.41) is 9.70. The minimum absolute atomic E-state index is 0.0630. The Labute approximate surface area is 155 Å². The number of halogens is 1. The van der Waals surface area contributed by atoms with Gasteiger partial charge in [0.2, 0.25) is 5.95 Å². The highest BCUT2D eigenvalue weighted by Crippen LogP contribution is 2.33. The molecule has 0 amide bonds. The van der Waals surface area contributed by atoms with E-state index in [0.29, 0.717) is 11.4 Å². The van der Waals surface area contributed by atoms with Crippen molar-refractivity contribution >= 4 is 34.4 Å². The molecule has 0 saturated carbocycles. The Bertz CT molecular complexity index is 935. The summed E-state index contributed by atoms with van der Waals surface area (Å²) in [4.78, 5) is 7.89. The molecule has 0 fully saturated rings. The van der Waals surface area contributed by atoms with E-state index in [0.717, 1.165) is 15.8 Å². The molecule has 1 aromatic carbocycles. The number of ether oxygens (including phenoxy) is 1. The monoisotopic (exact) mass is 373 g/mol. The average Bonchev–Trinajstić information content (AvgIpc) is 3.05. The van der Waals surface area contributed by atoms with E-state index in [4.69, 9.17) is 15.7 Å². The molecule has 0 bridgehead atoms. The number of pyridine rings is 1. The van der Waals surface area contributed by atoms with Crippen LogP contribution < -0.4 is 15.2 Å². The molecule has 8 heteroatoms. The summed E-state index contributed by atoms with van der Waals surface area (Å²) in [6, 6.07) is 8.94. The second-order valence-electron chi connectivity index (χ2n) is 4.99. The van der Waals surface area contributed by atoms with Crippen molar-refractivity contribution in [2.24, 2.45) is 0 Å². The van der Waals surface area contributed by atoms with Gasteiger partial charge >= 0.3 is 0 Å². The van der Waals surface area contributed by atoms with Crippen LogP contribution in [0.2, 0.25) is 0 Å². The van der Waals surface area contributed by atoms with Crippen LogP contribution in [0.25, 0.3) is 10.9 Å². The fourth-order valence-electron chi connectivity index (χ4n) is 2.25. The molecule has 0 aliphatic rings. The Morgan fingerprint density at radius 1 is 1.38 bits per heavy atom. The fraction of sp³-hybridized carbons (Fsp3) is 0.222. The number of methoxy groups -OCH3 is 1. The second-order valence-corrected chi connectivity index (χ2v) is 5.83. The van der Waals surface area contributed by atoms with Gasteiger partial charge in [0, 0.05) is 28.4 Å². The molecule has 3 aromatic rings. The van der Waals surface area contributed by atoms with Crippen LogP contribution in [-0.4, -0.2) is 17.1 Å². The van der Waals surface area contributed by atoms with Crippen molar-refractivity contribution in [2.75, 3.05) is 17.6 Å². The number of anilines is 2. The highest BCUT2D eigenvalue weighted by atomic mass is 32.2. The molecule has 3 rings (SSSR count). The first-order valence-electron chi connectivity index (χ1n) is 8.02. The molecule has 6 nitrogen and oxygen atoms in total. The zero-order valence-corrected chi connectivity index (χ0v) is 15.6. The number of aromatic nitrogens is 2. The number of aromatic amines is 1. The number of rotatable bonds is 5. The third kappa shape index (κ3) is 4.18. The normalized spacial score (nSPS) is 9.96. The van der Waals surface area contributed by atoms with Crippen LogP contribution >= 0.6 is 11.9 Å². The molecule has 0 unspecified atom stereocenters. The van der Waals surface area contributed by atoms with Gasteiger partial charge in [-0.15, -0.1) is 0 Å². The minimum Gasteiger partial charge on any atom is -0.493 e. The largest absolute Gasteiger partial charge is 0.493 e. The maximum atomic E-state index is 13.9. The Morgan fingerprint density at radius 2 is 2.15 bits per heavy atom. The predicted octanol–water partition coefficient (Wildman–Crippen LogP) is 4.50. The molecule has 0 aliphatic heterocycles. The SMILES string of the molecule is CC.COc1cc(CC#N)c(F)nc1NSc1c[nH]c2cc(N)ccc12. The number of nitrogen functional groups attached to an aromatic ring is 1. The summed E-state index contributed by atoms with van der Waals surface area (Å²) in [6.45, 7) is 4.00. The lowest BCUT2D eigenvalue weighted by molar-refractivity contribution is 0.412. The highest BCUT2D eigenvalue weighted by Gasteiger charge is 2.13. The van der Waals surface area contributed by atoms with E-state index in [-0.39, 0.29) is 17.8 Å². The van der Waals surface area contributed by atoms with Crippen LogP contribution in [0.5, 0.6) is 5.75 Å². The van der Waals surface area contributed by atoms with Crippen molar-refractivity contribution in [1.29, 1.82) is 5.26 Å². The third-order valence-electron chi connectivity index (χ3n) is 3.43. The summed E-state index contributed by atoms with van der Waals surface area (Å²) in [7, 11) is 1.47. The Morgan fingerprint density at radius 3 is 2.85 bits per heavy atom. The van der Waals surface area contributed by atoms with Gasteiger partial charge in [-0.3, -0.25) is 0 Å². The molecular weight excluding hydrogens is 353 g/mol. The molecule has 2 aromatic heterocycles. The predicted molar refractivity (Wildman–Crippen MR) is 104 cm³/mol. The molecular formula is C18H20FN5OS. The van der Waals surface area contributed by atoms with E-state index in [2.05, 4.69) is 14.7 Å². The van der Waals surface area contributed by atoms with Gasteiger partial charge in [-0.2, -0.15) is 14.6 Å². The zero-order valence-electron chi connectivity index (χ0n) is 14.8. The van der Waals surface area contributed by atoms with Crippen molar-refractivity contribution in [3.63, 3.8) is 0 Å². The smallest absolute Gasteiger partial charge is 0.219 e. The van der Waals surface area contributed by atoms with Crippen LogP contribution in [-0.2, 0) is 6.42 Å². The lowest BCUT2D eigenvalue weighted by Gasteiger charge is -2.10. The number of hydrogen-bond donors (Lipinski definition) is 3. The van der Waals surface area contributed by atoms with Crippen molar-refractivity contribution in [2.45, 2.75) is 25.2 Å². The van der Waals surface area contributed by atoms with Gasteiger partial charge in [-0.1, -0.05) is 13.8 Å². The average molecular weight is 373 g/mol. The van der Waals surface area contributed by atoms with Crippen molar-refractivity contribution in [3.05, 3.63) is 42.0 Å². The van der Waals surface area contributed by atoms with Gasteiger partial charge in [-0.05, 0) is 36.2 Å². The molecule has 26 heavy (non-hydrogen) atoms. The first-order chi connectivity index (χ1) is 12.6. The molecule has 136 valence electrons. The minimum atomic E-state index is -0.688. The Hall–Kier alpha value is -2.92. The summed E-state index contributed by atoms with van der Waals surface area (Å²) >= 11 is 1.28.